The van der Waals surface area contributed by atoms with Gasteiger partial charge in [0.2, 0.25) is 0 Å². The highest BCUT2D eigenvalue weighted by Crippen LogP contribution is 2.50. The summed E-state index contributed by atoms with van der Waals surface area (Å²) in [6, 6.07) is 73.2. The zero-order chi connectivity index (χ0) is 30.3. The molecule has 0 bridgehead atoms. The number of hydrogen-bond acceptors (Lipinski definition) is 0. The van der Waals surface area contributed by atoms with Gasteiger partial charge in [0.05, 0.1) is 5.41 Å². The first-order chi connectivity index (χ1) is 22.4. The van der Waals surface area contributed by atoms with E-state index in [0.29, 0.717) is 0 Å². The van der Waals surface area contributed by atoms with E-state index in [0.717, 1.165) is 6.42 Å². The Labute approximate surface area is 267 Å². The van der Waals surface area contributed by atoms with Gasteiger partial charge in [-0.1, -0.05) is 200 Å². The molecule has 0 unspecified atom stereocenters. The second-order valence-electron chi connectivity index (χ2n) is 11.6. The summed E-state index contributed by atoms with van der Waals surface area (Å²) in [5, 5.41) is 0. The summed E-state index contributed by atoms with van der Waals surface area (Å²) in [6.45, 7) is 0. The van der Waals surface area contributed by atoms with E-state index in [1.165, 1.54) is 50.1 Å². The fourth-order valence-corrected chi connectivity index (χ4v) is 7.10. The molecule has 0 nitrogen and oxygen atoms in total. The molecule has 0 aliphatic rings. The van der Waals surface area contributed by atoms with Crippen molar-refractivity contribution < 1.29 is 0 Å². The van der Waals surface area contributed by atoms with Crippen molar-refractivity contribution in [2.75, 3.05) is 0 Å². The van der Waals surface area contributed by atoms with Crippen LogP contribution in [-0.4, -0.2) is 0 Å². The van der Waals surface area contributed by atoms with Crippen LogP contribution < -0.4 is 0 Å². The highest BCUT2D eigenvalue weighted by Gasteiger charge is 2.41. The van der Waals surface area contributed by atoms with Crippen LogP contribution in [0.4, 0.5) is 0 Å². The van der Waals surface area contributed by atoms with Crippen molar-refractivity contribution in [3.8, 4) is 0 Å². The first kappa shape index (κ1) is 28.3. The maximum absolute atomic E-state index is 2.38. The summed E-state index contributed by atoms with van der Waals surface area (Å²) < 4.78 is 0. The van der Waals surface area contributed by atoms with E-state index in [4.69, 9.17) is 0 Å². The van der Waals surface area contributed by atoms with Crippen molar-refractivity contribution in [1.82, 2.24) is 0 Å². The van der Waals surface area contributed by atoms with Gasteiger partial charge in [0.25, 0.3) is 0 Å². The molecule has 0 heteroatoms. The molecule has 0 fully saturated rings. The number of hydrogen-bond donors (Lipinski definition) is 0. The van der Waals surface area contributed by atoms with Crippen molar-refractivity contribution in [3.05, 3.63) is 250 Å². The van der Waals surface area contributed by atoms with E-state index in [-0.39, 0.29) is 5.92 Å². The van der Waals surface area contributed by atoms with Gasteiger partial charge < -0.3 is 0 Å². The van der Waals surface area contributed by atoms with Crippen LogP contribution in [0.25, 0.3) is 0 Å². The zero-order valence-corrected chi connectivity index (χ0v) is 25.3. The van der Waals surface area contributed by atoms with E-state index in [1.807, 2.05) is 0 Å². The highest BCUT2D eigenvalue weighted by atomic mass is 14.4. The Balaban J connectivity index is 1.64. The minimum atomic E-state index is -0.562. The van der Waals surface area contributed by atoms with Crippen LogP contribution in [0.2, 0.25) is 0 Å². The topological polar surface area (TPSA) is 0 Å². The Bertz CT molecular complexity index is 1790. The number of benzene rings is 7. The van der Waals surface area contributed by atoms with Crippen molar-refractivity contribution in [2.24, 2.45) is 0 Å². The lowest BCUT2D eigenvalue weighted by molar-refractivity contribution is 0.722. The summed E-state index contributed by atoms with van der Waals surface area (Å²) in [4.78, 5) is 0. The Hall–Kier alpha value is -5.46. The van der Waals surface area contributed by atoms with Crippen LogP contribution in [0.1, 0.15) is 56.0 Å². The monoisotopic (exact) mass is 576 g/mol. The van der Waals surface area contributed by atoms with Gasteiger partial charge in [-0.15, -0.1) is 0 Å². The number of rotatable bonds is 9. The average molecular weight is 577 g/mol. The van der Waals surface area contributed by atoms with Gasteiger partial charge in [-0.2, -0.15) is 0 Å². The van der Waals surface area contributed by atoms with E-state index < -0.39 is 5.41 Å². The third-order valence-corrected chi connectivity index (χ3v) is 9.01. The third-order valence-electron chi connectivity index (χ3n) is 9.01. The Kier molecular flexibility index (Phi) is 8.21. The maximum atomic E-state index is 2.38. The first-order valence-corrected chi connectivity index (χ1v) is 15.8. The zero-order valence-electron chi connectivity index (χ0n) is 25.3. The molecular formula is C45H36. The van der Waals surface area contributed by atoms with Gasteiger partial charge in [0.15, 0.2) is 0 Å². The van der Waals surface area contributed by atoms with E-state index in [1.54, 1.807) is 0 Å². The first-order valence-electron chi connectivity index (χ1n) is 15.8. The summed E-state index contributed by atoms with van der Waals surface area (Å²) in [6.07, 6.45) is 0.842. The van der Waals surface area contributed by atoms with Gasteiger partial charge in [-0.3, -0.25) is 0 Å². The molecule has 7 aromatic rings. The van der Waals surface area contributed by atoms with Gasteiger partial charge in [-0.05, 0) is 56.5 Å². The fraction of sp³-hybridized carbons (Fsp3) is 0.0667. The van der Waals surface area contributed by atoms with Crippen LogP contribution in [-0.2, 0) is 11.8 Å². The molecule has 0 aliphatic carbocycles. The van der Waals surface area contributed by atoms with E-state index in [9.17, 15) is 0 Å². The molecule has 0 saturated heterocycles. The molecule has 0 aromatic heterocycles. The molecule has 7 aromatic carbocycles. The van der Waals surface area contributed by atoms with Crippen molar-refractivity contribution >= 4 is 0 Å². The second kappa shape index (κ2) is 13.0. The Morgan fingerprint density at radius 2 is 0.733 bits per heavy atom. The molecule has 0 amide bonds. The van der Waals surface area contributed by atoms with E-state index in [2.05, 4.69) is 200 Å². The lowest BCUT2D eigenvalue weighted by Crippen LogP contribution is -2.33. The molecule has 0 saturated carbocycles. The molecule has 0 N–H and O–H groups in total. The second-order valence-corrected chi connectivity index (χ2v) is 11.6. The smallest absolute Gasteiger partial charge is 0.0622 e. The van der Waals surface area contributed by atoms with Crippen molar-refractivity contribution in [2.45, 2.75) is 17.8 Å². The molecule has 7 rings (SSSR count). The minimum absolute atomic E-state index is 0.0258. The average Bonchev–Trinajstić information content (AvgIpc) is 3.12. The summed E-state index contributed by atoms with van der Waals surface area (Å²) in [5.74, 6) is 0.0258. The Morgan fingerprint density at radius 3 is 1.16 bits per heavy atom. The lowest BCUT2D eigenvalue weighted by Gasteiger charge is -2.40. The van der Waals surface area contributed by atoms with Gasteiger partial charge in [0.1, 0.15) is 0 Å². The molecule has 45 heavy (non-hydrogen) atoms. The predicted molar refractivity (Wildman–Crippen MR) is 188 cm³/mol. The van der Waals surface area contributed by atoms with E-state index >= 15 is 0 Å². The minimum Gasteiger partial charge on any atom is -0.0622 e. The molecule has 0 radical (unpaired) electrons. The van der Waals surface area contributed by atoms with Crippen molar-refractivity contribution in [3.63, 3.8) is 0 Å². The van der Waals surface area contributed by atoms with Crippen molar-refractivity contribution in [1.29, 1.82) is 0 Å². The quantitative estimate of drug-likeness (QED) is 0.150. The standard InChI is InChI=1S/C45H36/c1-7-20-35(21-8-1)34-38-26-19-33-42(44(38)43(36-22-9-2-10-23-36)37-24-11-3-12-25-37)45(39-27-13-4-14-28-39,40-29-15-5-16-30-40)41-31-17-6-18-32-41/h1-33,43H,34H2. The summed E-state index contributed by atoms with van der Waals surface area (Å²) in [7, 11) is 0. The summed E-state index contributed by atoms with van der Waals surface area (Å²) in [5.41, 5.74) is 11.1. The molecular weight excluding hydrogens is 540 g/mol. The van der Waals surface area contributed by atoms with Gasteiger partial charge >= 0.3 is 0 Å². The van der Waals surface area contributed by atoms with Gasteiger partial charge in [-0.25, -0.2) is 0 Å². The molecule has 0 atom stereocenters. The maximum Gasteiger partial charge on any atom is 0.0704 e. The SMILES string of the molecule is c1ccc(Cc2cccc(C(c3ccccc3)(c3ccccc3)c3ccccc3)c2C(c2ccccc2)c2ccccc2)cc1. The molecule has 216 valence electrons. The fourth-order valence-electron chi connectivity index (χ4n) is 7.10. The van der Waals surface area contributed by atoms with Crippen LogP contribution in [0.3, 0.4) is 0 Å². The Morgan fingerprint density at radius 1 is 0.356 bits per heavy atom. The summed E-state index contributed by atoms with van der Waals surface area (Å²) >= 11 is 0. The van der Waals surface area contributed by atoms with Crippen LogP contribution in [0.15, 0.2) is 200 Å². The highest BCUT2D eigenvalue weighted by molar-refractivity contribution is 5.65. The normalized spacial score (nSPS) is 11.4. The third kappa shape index (κ3) is 5.52. The van der Waals surface area contributed by atoms with Crippen LogP contribution in [0.5, 0.6) is 0 Å². The van der Waals surface area contributed by atoms with Crippen LogP contribution >= 0.6 is 0 Å². The predicted octanol–water partition coefficient (Wildman–Crippen LogP) is 10.8. The van der Waals surface area contributed by atoms with Gasteiger partial charge in [0, 0.05) is 5.92 Å². The largest absolute Gasteiger partial charge is 0.0704 e. The lowest BCUT2D eigenvalue weighted by atomic mass is 9.61. The van der Waals surface area contributed by atoms with Crippen LogP contribution in [0, 0.1) is 0 Å². The molecule has 0 heterocycles. The molecule has 0 spiro atoms. The molecule has 0 aliphatic heterocycles.